The third-order valence-electron chi connectivity index (χ3n) is 6.34. The Morgan fingerprint density at radius 2 is 1.86 bits per heavy atom. The van der Waals surface area contributed by atoms with Crippen LogP contribution in [-0.4, -0.2) is 55.2 Å². The summed E-state index contributed by atoms with van der Waals surface area (Å²) in [5, 5.41) is -0.486. The Balaban J connectivity index is 2.27. The minimum Gasteiger partial charge on any atom is -0.493 e. The molecule has 0 aliphatic carbocycles. The van der Waals surface area contributed by atoms with Gasteiger partial charge in [0.15, 0.2) is 11.5 Å². The fraction of sp³-hybridized carbons (Fsp3) is 0.619. The molecule has 1 fully saturated rings. The van der Waals surface area contributed by atoms with Crippen molar-refractivity contribution < 1.29 is 23.8 Å². The summed E-state index contributed by atoms with van der Waals surface area (Å²) in [4.78, 5) is 28.5. The summed E-state index contributed by atoms with van der Waals surface area (Å²) in [6.45, 7) is 8.51. The van der Waals surface area contributed by atoms with Gasteiger partial charge >= 0.3 is 5.97 Å². The number of methoxy groups -OCH3 is 2. The number of benzene rings is 1. The molecule has 1 aromatic carbocycles. The van der Waals surface area contributed by atoms with Crippen molar-refractivity contribution in [1.82, 2.24) is 4.90 Å². The van der Waals surface area contributed by atoms with Crippen LogP contribution < -0.4 is 9.47 Å². The second-order valence-electron chi connectivity index (χ2n) is 7.43. The maximum atomic E-state index is 13.4. The van der Waals surface area contributed by atoms with Crippen molar-refractivity contribution in [3.8, 4) is 11.5 Å². The standard InChI is InChI=1S/C21H29NO5S/c1-7-27-19(24)20(3)17(28-8-2)18(23)22-10-9-13-11-15(25-5)16(26-6)12-14(13)21(20,22)4/h11-12,17H,7-10H2,1-6H3/t17-,20+,21+/m0/s1. The molecule has 7 heteroatoms. The van der Waals surface area contributed by atoms with Crippen LogP contribution in [0.15, 0.2) is 12.1 Å². The number of thioether (sulfide) groups is 1. The van der Waals surface area contributed by atoms with Crippen LogP contribution in [-0.2, 0) is 26.3 Å². The van der Waals surface area contributed by atoms with Crippen molar-refractivity contribution in [3.63, 3.8) is 0 Å². The van der Waals surface area contributed by atoms with Crippen molar-refractivity contribution in [1.29, 1.82) is 0 Å². The molecule has 0 unspecified atom stereocenters. The SMILES string of the molecule is CCOC(=O)[C@@]1(C)[C@@H](SCC)C(=O)N2CCc3cc(OC)c(OC)cc3[C@@]21C. The van der Waals surface area contributed by atoms with Gasteiger partial charge < -0.3 is 19.1 Å². The molecule has 1 saturated heterocycles. The van der Waals surface area contributed by atoms with E-state index in [1.807, 2.05) is 37.8 Å². The van der Waals surface area contributed by atoms with E-state index < -0.39 is 16.2 Å². The van der Waals surface area contributed by atoms with E-state index in [1.54, 1.807) is 21.1 Å². The van der Waals surface area contributed by atoms with Crippen LogP contribution in [0, 0.1) is 5.41 Å². The van der Waals surface area contributed by atoms with Gasteiger partial charge in [-0.2, -0.15) is 0 Å². The predicted octanol–water partition coefficient (Wildman–Crippen LogP) is 3.01. The second-order valence-corrected chi connectivity index (χ2v) is 8.82. The lowest BCUT2D eigenvalue weighted by Crippen LogP contribution is -2.56. The Morgan fingerprint density at radius 3 is 2.43 bits per heavy atom. The molecular weight excluding hydrogens is 378 g/mol. The van der Waals surface area contributed by atoms with Gasteiger partial charge in [-0.15, -0.1) is 11.8 Å². The molecule has 2 aliphatic rings. The Labute approximate surface area is 170 Å². The van der Waals surface area contributed by atoms with E-state index >= 15 is 0 Å². The zero-order valence-corrected chi connectivity index (χ0v) is 18.3. The first-order valence-electron chi connectivity index (χ1n) is 9.66. The van der Waals surface area contributed by atoms with Gasteiger partial charge in [-0.1, -0.05) is 6.92 Å². The van der Waals surface area contributed by atoms with Crippen LogP contribution in [0.5, 0.6) is 11.5 Å². The second kappa shape index (κ2) is 7.50. The number of hydrogen-bond acceptors (Lipinski definition) is 6. The lowest BCUT2D eigenvalue weighted by atomic mass is 9.65. The maximum Gasteiger partial charge on any atom is 0.316 e. The first-order chi connectivity index (χ1) is 13.3. The molecule has 28 heavy (non-hydrogen) atoms. The van der Waals surface area contributed by atoms with Gasteiger partial charge in [-0.05, 0) is 56.2 Å². The number of amides is 1. The lowest BCUT2D eigenvalue weighted by molar-refractivity contribution is -0.160. The highest BCUT2D eigenvalue weighted by molar-refractivity contribution is 8.00. The predicted molar refractivity (Wildman–Crippen MR) is 109 cm³/mol. The van der Waals surface area contributed by atoms with Crippen LogP contribution in [0.25, 0.3) is 0 Å². The van der Waals surface area contributed by atoms with Crippen LogP contribution >= 0.6 is 11.8 Å². The van der Waals surface area contributed by atoms with Crippen molar-refractivity contribution in [2.45, 2.75) is 44.9 Å². The molecule has 0 bridgehead atoms. The Morgan fingerprint density at radius 1 is 1.21 bits per heavy atom. The first kappa shape index (κ1) is 20.8. The topological polar surface area (TPSA) is 65.1 Å². The number of rotatable bonds is 6. The van der Waals surface area contributed by atoms with E-state index in [-0.39, 0.29) is 18.5 Å². The number of fused-ring (bicyclic) bond motifs is 3. The van der Waals surface area contributed by atoms with Crippen LogP contribution in [0.2, 0.25) is 0 Å². The van der Waals surface area contributed by atoms with Crippen molar-refractivity contribution in [2.24, 2.45) is 5.41 Å². The number of hydrogen-bond donors (Lipinski definition) is 0. The summed E-state index contributed by atoms with van der Waals surface area (Å²) in [7, 11) is 3.20. The van der Waals surface area contributed by atoms with Gasteiger partial charge in [0.05, 0.1) is 26.4 Å². The monoisotopic (exact) mass is 407 g/mol. The summed E-state index contributed by atoms with van der Waals surface area (Å²) in [5.41, 5.74) is 0.160. The number of nitrogens with zero attached hydrogens (tertiary/aromatic N) is 1. The normalized spacial score (nSPS) is 28.6. The summed E-state index contributed by atoms with van der Waals surface area (Å²) in [6.07, 6.45) is 0.708. The minimum absolute atomic E-state index is 0.00494. The van der Waals surface area contributed by atoms with E-state index in [0.29, 0.717) is 24.5 Å². The van der Waals surface area contributed by atoms with Gasteiger partial charge in [0.2, 0.25) is 5.91 Å². The van der Waals surface area contributed by atoms with Crippen LogP contribution in [0.4, 0.5) is 0 Å². The van der Waals surface area contributed by atoms with Gasteiger partial charge in [0.1, 0.15) is 10.7 Å². The average Bonchev–Trinajstić information content (AvgIpc) is 2.86. The Hall–Kier alpha value is -1.89. The summed E-state index contributed by atoms with van der Waals surface area (Å²) < 4.78 is 16.5. The van der Waals surface area contributed by atoms with Gasteiger partial charge in [0, 0.05) is 6.54 Å². The number of ether oxygens (including phenoxy) is 3. The van der Waals surface area contributed by atoms with Crippen molar-refractivity contribution in [3.05, 3.63) is 23.3 Å². The van der Waals surface area contributed by atoms with Crippen LogP contribution in [0.1, 0.15) is 38.8 Å². The molecule has 0 radical (unpaired) electrons. The Bertz CT molecular complexity index is 797. The third-order valence-corrected chi connectivity index (χ3v) is 7.68. The van der Waals surface area contributed by atoms with Crippen molar-refractivity contribution in [2.75, 3.05) is 33.1 Å². The van der Waals surface area contributed by atoms with Crippen molar-refractivity contribution >= 4 is 23.6 Å². The average molecular weight is 408 g/mol. The molecule has 2 heterocycles. The highest BCUT2D eigenvalue weighted by atomic mass is 32.2. The largest absolute Gasteiger partial charge is 0.493 e. The highest BCUT2D eigenvalue weighted by Crippen LogP contribution is 2.59. The lowest BCUT2D eigenvalue weighted by Gasteiger charge is -2.48. The molecule has 0 spiro atoms. The summed E-state index contributed by atoms with van der Waals surface area (Å²) in [5.74, 6) is 1.66. The first-order valence-corrected chi connectivity index (χ1v) is 10.7. The zero-order valence-electron chi connectivity index (χ0n) is 17.5. The molecule has 6 nitrogen and oxygen atoms in total. The highest BCUT2D eigenvalue weighted by Gasteiger charge is 2.70. The molecular formula is C21H29NO5S. The molecule has 1 aromatic rings. The smallest absolute Gasteiger partial charge is 0.316 e. The number of esters is 1. The minimum atomic E-state index is -1.02. The van der Waals surface area contributed by atoms with Gasteiger partial charge in [-0.25, -0.2) is 0 Å². The molecule has 0 saturated carbocycles. The molecule has 0 N–H and O–H groups in total. The van der Waals surface area contributed by atoms with E-state index in [9.17, 15) is 9.59 Å². The maximum absolute atomic E-state index is 13.4. The molecule has 0 aromatic heterocycles. The molecule has 3 atom stereocenters. The molecule has 2 aliphatic heterocycles. The zero-order chi connectivity index (χ0) is 20.7. The molecule has 1 amide bonds. The van der Waals surface area contributed by atoms with Crippen LogP contribution in [0.3, 0.4) is 0 Å². The fourth-order valence-electron chi connectivity index (χ4n) is 4.71. The number of carbonyl (C=O) groups is 2. The third kappa shape index (κ3) is 2.62. The molecule has 154 valence electrons. The molecule has 3 rings (SSSR count). The van der Waals surface area contributed by atoms with E-state index in [4.69, 9.17) is 14.2 Å². The summed E-state index contributed by atoms with van der Waals surface area (Å²) >= 11 is 1.52. The van der Waals surface area contributed by atoms with Gasteiger partial charge in [0.25, 0.3) is 0 Å². The number of carbonyl (C=O) groups excluding carboxylic acids is 2. The Kier molecular flexibility index (Phi) is 5.58. The van der Waals surface area contributed by atoms with E-state index in [2.05, 4.69) is 0 Å². The van der Waals surface area contributed by atoms with Gasteiger partial charge in [-0.3, -0.25) is 9.59 Å². The van der Waals surface area contributed by atoms with E-state index in [1.165, 1.54) is 11.8 Å². The van der Waals surface area contributed by atoms with E-state index in [0.717, 1.165) is 16.9 Å². The quantitative estimate of drug-likeness (QED) is 0.676. The summed E-state index contributed by atoms with van der Waals surface area (Å²) in [6, 6.07) is 3.89. The fourth-order valence-corrected chi connectivity index (χ4v) is 5.97.